The summed E-state index contributed by atoms with van der Waals surface area (Å²) in [4.78, 5) is 36.0. The van der Waals surface area contributed by atoms with E-state index >= 15 is 0 Å². The first-order chi connectivity index (χ1) is 17.6. The molecule has 0 spiro atoms. The van der Waals surface area contributed by atoms with E-state index in [1.807, 2.05) is 36.4 Å². The standard InChI is InChI=1S/C29H23N3O4/c33-27(22-10-12-24(13-11-22)36-19-20-6-2-1-3-7-20)25-26(23-9-5-15-31-17-23)32(29(35)28(25)34)18-21-8-4-14-30-16-21/h1-17,26,33H,18-19H2/t26-/m0/s1. The number of ether oxygens (including phenoxy) is 1. The lowest BCUT2D eigenvalue weighted by Crippen LogP contribution is -2.29. The number of hydrogen-bond acceptors (Lipinski definition) is 6. The highest BCUT2D eigenvalue weighted by molar-refractivity contribution is 6.46. The lowest BCUT2D eigenvalue weighted by molar-refractivity contribution is -0.140. The van der Waals surface area contributed by atoms with Crippen LogP contribution in [0, 0.1) is 0 Å². The molecule has 1 saturated heterocycles. The number of aliphatic hydroxyl groups is 1. The predicted molar refractivity (Wildman–Crippen MR) is 134 cm³/mol. The van der Waals surface area contributed by atoms with Crippen molar-refractivity contribution < 1.29 is 19.4 Å². The molecule has 0 radical (unpaired) electrons. The van der Waals surface area contributed by atoms with Crippen LogP contribution in [0.5, 0.6) is 5.75 Å². The van der Waals surface area contributed by atoms with Gasteiger partial charge in [0, 0.05) is 36.9 Å². The highest BCUT2D eigenvalue weighted by atomic mass is 16.5. The number of carbonyl (C=O) groups excluding carboxylic acids is 2. The minimum atomic E-state index is -0.784. The van der Waals surface area contributed by atoms with Crippen molar-refractivity contribution in [1.82, 2.24) is 14.9 Å². The molecule has 3 heterocycles. The highest BCUT2D eigenvalue weighted by Crippen LogP contribution is 2.40. The molecule has 2 aromatic carbocycles. The highest BCUT2D eigenvalue weighted by Gasteiger charge is 2.46. The monoisotopic (exact) mass is 477 g/mol. The number of aromatic nitrogens is 2. The van der Waals surface area contributed by atoms with Crippen molar-refractivity contribution in [1.29, 1.82) is 0 Å². The van der Waals surface area contributed by atoms with Gasteiger partial charge in [0.15, 0.2) is 0 Å². The maximum absolute atomic E-state index is 13.2. The van der Waals surface area contributed by atoms with Crippen molar-refractivity contribution in [2.75, 3.05) is 0 Å². The molecule has 0 aliphatic carbocycles. The van der Waals surface area contributed by atoms with Crippen LogP contribution < -0.4 is 4.74 Å². The quantitative estimate of drug-likeness (QED) is 0.236. The number of pyridine rings is 2. The molecular weight excluding hydrogens is 454 g/mol. The van der Waals surface area contributed by atoms with E-state index < -0.39 is 17.7 Å². The lowest BCUT2D eigenvalue weighted by atomic mass is 9.96. The fourth-order valence-electron chi connectivity index (χ4n) is 4.22. The number of Topliss-reactive ketones (excluding diaryl/α,β-unsaturated/α-hetero) is 1. The van der Waals surface area contributed by atoms with Gasteiger partial charge in [-0.3, -0.25) is 19.6 Å². The van der Waals surface area contributed by atoms with Crippen molar-refractivity contribution in [3.63, 3.8) is 0 Å². The van der Waals surface area contributed by atoms with E-state index in [9.17, 15) is 14.7 Å². The molecule has 5 rings (SSSR count). The second-order valence-electron chi connectivity index (χ2n) is 8.37. The van der Waals surface area contributed by atoms with Crippen molar-refractivity contribution in [3.05, 3.63) is 131 Å². The van der Waals surface area contributed by atoms with Crippen LogP contribution >= 0.6 is 0 Å². The molecule has 0 bridgehead atoms. The van der Waals surface area contributed by atoms with Crippen LogP contribution in [0.3, 0.4) is 0 Å². The first-order valence-corrected chi connectivity index (χ1v) is 11.5. The Morgan fingerprint density at radius 1 is 0.833 bits per heavy atom. The van der Waals surface area contributed by atoms with Gasteiger partial charge >= 0.3 is 0 Å². The summed E-state index contributed by atoms with van der Waals surface area (Å²) in [5.41, 5.74) is 2.87. The third-order valence-corrected chi connectivity index (χ3v) is 5.99. The summed E-state index contributed by atoms with van der Waals surface area (Å²) >= 11 is 0. The molecule has 1 amide bonds. The van der Waals surface area contributed by atoms with Gasteiger partial charge in [-0.2, -0.15) is 0 Å². The Balaban J connectivity index is 1.47. The Bertz CT molecular complexity index is 1390. The molecule has 36 heavy (non-hydrogen) atoms. The van der Waals surface area contributed by atoms with Crippen LogP contribution in [0.2, 0.25) is 0 Å². The van der Waals surface area contributed by atoms with Gasteiger partial charge in [0.1, 0.15) is 18.1 Å². The van der Waals surface area contributed by atoms with E-state index in [0.717, 1.165) is 11.1 Å². The van der Waals surface area contributed by atoms with Crippen molar-refractivity contribution in [2.45, 2.75) is 19.2 Å². The maximum Gasteiger partial charge on any atom is 0.295 e. The minimum Gasteiger partial charge on any atom is -0.507 e. The van der Waals surface area contributed by atoms with Crippen molar-refractivity contribution in [3.8, 4) is 5.75 Å². The van der Waals surface area contributed by atoms with Crippen molar-refractivity contribution in [2.24, 2.45) is 0 Å². The molecule has 4 aromatic rings. The molecule has 1 N–H and O–H groups in total. The molecule has 0 unspecified atom stereocenters. The van der Waals surface area contributed by atoms with Gasteiger partial charge < -0.3 is 14.7 Å². The van der Waals surface area contributed by atoms with Crippen LogP contribution in [-0.2, 0) is 22.7 Å². The van der Waals surface area contributed by atoms with Crippen LogP contribution in [0.1, 0.15) is 28.3 Å². The second-order valence-corrected chi connectivity index (χ2v) is 8.37. The Kier molecular flexibility index (Phi) is 6.53. The molecule has 1 aliphatic heterocycles. The Morgan fingerprint density at radius 2 is 1.53 bits per heavy atom. The number of likely N-dealkylation sites (tertiary alicyclic amines) is 1. The summed E-state index contributed by atoms with van der Waals surface area (Å²) in [5, 5.41) is 11.2. The molecule has 0 saturated carbocycles. The van der Waals surface area contributed by atoms with E-state index in [0.29, 0.717) is 23.5 Å². The Labute approximate surface area is 208 Å². The first kappa shape index (κ1) is 23.0. The SMILES string of the molecule is O=C1C(=O)N(Cc2cccnc2)[C@@H](c2cccnc2)C1=C(O)c1ccc(OCc2ccccc2)cc1. The minimum absolute atomic E-state index is 0.0230. The Hall–Kier alpha value is -4.78. The van der Waals surface area contributed by atoms with Gasteiger partial charge in [-0.15, -0.1) is 0 Å². The summed E-state index contributed by atoms with van der Waals surface area (Å²) in [6.45, 7) is 0.577. The van der Waals surface area contributed by atoms with Gasteiger partial charge in [-0.1, -0.05) is 42.5 Å². The number of nitrogens with zero attached hydrogens (tertiary/aromatic N) is 3. The number of rotatable bonds is 7. The summed E-state index contributed by atoms with van der Waals surface area (Å²) in [6.07, 6.45) is 6.50. The molecule has 178 valence electrons. The summed E-state index contributed by atoms with van der Waals surface area (Å²) in [5.74, 6) is -1.05. The largest absolute Gasteiger partial charge is 0.507 e. The topological polar surface area (TPSA) is 92.6 Å². The van der Waals surface area contributed by atoms with E-state index in [-0.39, 0.29) is 17.9 Å². The fourth-order valence-corrected chi connectivity index (χ4v) is 4.22. The van der Waals surface area contributed by atoms with Crippen LogP contribution in [-0.4, -0.2) is 31.7 Å². The summed E-state index contributed by atoms with van der Waals surface area (Å²) in [7, 11) is 0. The number of benzene rings is 2. The average molecular weight is 478 g/mol. The van der Waals surface area contributed by atoms with Crippen molar-refractivity contribution >= 4 is 17.4 Å². The number of ketones is 1. The lowest BCUT2D eigenvalue weighted by Gasteiger charge is -2.25. The van der Waals surface area contributed by atoms with E-state index in [4.69, 9.17) is 4.74 Å². The summed E-state index contributed by atoms with van der Waals surface area (Å²) in [6, 6.07) is 22.9. The second kappa shape index (κ2) is 10.2. The number of carbonyl (C=O) groups is 2. The third kappa shape index (κ3) is 4.72. The number of amides is 1. The molecule has 7 heteroatoms. The zero-order valence-electron chi connectivity index (χ0n) is 19.3. The van der Waals surface area contributed by atoms with Gasteiger partial charge in [0.25, 0.3) is 11.7 Å². The van der Waals surface area contributed by atoms with Gasteiger partial charge in [-0.25, -0.2) is 0 Å². The smallest absolute Gasteiger partial charge is 0.295 e. The van der Waals surface area contributed by atoms with Crippen LogP contribution in [0.15, 0.2) is 109 Å². The van der Waals surface area contributed by atoms with E-state index in [2.05, 4.69) is 9.97 Å². The van der Waals surface area contributed by atoms with E-state index in [1.165, 1.54) is 4.90 Å². The van der Waals surface area contributed by atoms with Crippen LogP contribution in [0.4, 0.5) is 0 Å². The van der Waals surface area contributed by atoms with Gasteiger partial charge in [-0.05, 0) is 53.1 Å². The maximum atomic E-state index is 13.2. The molecule has 1 aliphatic rings. The molecule has 1 atom stereocenters. The Morgan fingerprint density at radius 3 is 2.19 bits per heavy atom. The average Bonchev–Trinajstić information content (AvgIpc) is 3.18. The number of hydrogen-bond donors (Lipinski definition) is 1. The van der Waals surface area contributed by atoms with E-state index in [1.54, 1.807) is 67.3 Å². The molecular formula is C29H23N3O4. The molecule has 1 fully saturated rings. The van der Waals surface area contributed by atoms with Gasteiger partial charge in [0.05, 0.1) is 11.6 Å². The zero-order chi connectivity index (χ0) is 24.9. The normalized spacial score (nSPS) is 16.8. The third-order valence-electron chi connectivity index (χ3n) is 5.99. The predicted octanol–water partition coefficient (Wildman–Crippen LogP) is 4.68. The summed E-state index contributed by atoms with van der Waals surface area (Å²) < 4.78 is 5.82. The first-order valence-electron chi connectivity index (χ1n) is 11.5. The van der Waals surface area contributed by atoms with Gasteiger partial charge in [0.2, 0.25) is 0 Å². The zero-order valence-corrected chi connectivity index (χ0v) is 19.3. The fraction of sp³-hybridized carbons (Fsp3) is 0.103. The molecule has 2 aromatic heterocycles. The van der Waals surface area contributed by atoms with Crippen LogP contribution in [0.25, 0.3) is 5.76 Å². The molecule has 7 nitrogen and oxygen atoms in total. The number of aliphatic hydroxyl groups excluding tert-OH is 1.